The number of nitrogens with zero attached hydrogens (tertiary/aromatic N) is 1. The normalized spacial score (nSPS) is 12.7. The summed E-state index contributed by atoms with van der Waals surface area (Å²) in [5, 5.41) is 10.0. The summed E-state index contributed by atoms with van der Waals surface area (Å²) >= 11 is 0. The molecule has 2 heterocycles. The van der Waals surface area contributed by atoms with E-state index in [1.807, 2.05) is 19.9 Å². The van der Waals surface area contributed by atoms with Crippen molar-refractivity contribution >= 4 is 0 Å². The highest BCUT2D eigenvalue weighted by Gasteiger charge is 2.17. The molecule has 1 unspecified atom stereocenters. The highest BCUT2D eigenvalue weighted by molar-refractivity contribution is 5.31. The molecule has 3 nitrogen and oxygen atoms in total. The minimum atomic E-state index is -0.778. The molecule has 0 bridgehead atoms. The van der Waals surface area contributed by atoms with Gasteiger partial charge in [0.1, 0.15) is 5.76 Å². The molecule has 0 saturated carbocycles. The molecule has 0 radical (unpaired) electrons. The minimum Gasteiger partial charge on any atom is -0.466 e. The van der Waals surface area contributed by atoms with Gasteiger partial charge in [-0.25, -0.2) is 0 Å². The SMILES string of the molecule is Cc1ccnc(C(O)c2ccco2)c1C. The third-order valence-corrected chi connectivity index (χ3v) is 2.59. The van der Waals surface area contributed by atoms with Crippen molar-refractivity contribution < 1.29 is 9.52 Å². The lowest BCUT2D eigenvalue weighted by Crippen LogP contribution is -2.04. The van der Waals surface area contributed by atoms with E-state index in [9.17, 15) is 5.11 Å². The molecule has 1 N–H and O–H groups in total. The summed E-state index contributed by atoms with van der Waals surface area (Å²) in [5.41, 5.74) is 2.77. The lowest BCUT2D eigenvalue weighted by Gasteiger charge is -2.11. The summed E-state index contributed by atoms with van der Waals surface area (Å²) in [4.78, 5) is 4.19. The van der Waals surface area contributed by atoms with E-state index in [1.165, 1.54) is 0 Å². The molecule has 0 aliphatic rings. The Bertz CT molecular complexity index is 449. The fraction of sp³-hybridized carbons (Fsp3) is 0.250. The molecule has 0 aliphatic carbocycles. The standard InChI is InChI=1S/C12H13NO2/c1-8-5-6-13-11(9(8)2)12(14)10-4-3-7-15-10/h3-7,12,14H,1-2H3. The molecule has 15 heavy (non-hydrogen) atoms. The zero-order chi connectivity index (χ0) is 10.8. The minimum absolute atomic E-state index is 0.524. The van der Waals surface area contributed by atoms with Crippen molar-refractivity contribution in [1.29, 1.82) is 0 Å². The van der Waals surface area contributed by atoms with Crippen LogP contribution < -0.4 is 0 Å². The van der Waals surface area contributed by atoms with E-state index in [1.54, 1.807) is 24.6 Å². The van der Waals surface area contributed by atoms with Crippen LogP contribution in [-0.2, 0) is 0 Å². The Labute approximate surface area is 88.4 Å². The highest BCUT2D eigenvalue weighted by Crippen LogP contribution is 2.24. The zero-order valence-corrected chi connectivity index (χ0v) is 8.77. The van der Waals surface area contributed by atoms with E-state index in [0.29, 0.717) is 11.5 Å². The maximum atomic E-state index is 10.0. The van der Waals surface area contributed by atoms with Crippen LogP contribution in [0.5, 0.6) is 0 Å². The van der Waals surface area contributed by atoms with Crippen LogP contribution in [0, 0.1) is 13.8 Å². The summed E-state index contributed by atoms with van der Waals surface area (Å²) in [7, 11) is 0. The molecule has 0 spiro atoms. The number of aryl methyl sites for hydroxylation is 1. The van der Waals surface area contributed by atoms with E-state index in [2.05, 4.69) is 4.98 Å². The predicted molar refractivity (Wildman–Crippen MR) is 56.5 cm³/mol. The van der Waals surface area contributed by atoms with Crippen molar-refractivity contribution in [3.63, 3.8) is 0 Å². The quantitative estimate of drug-likeness (QED) is 0.815. The number of pyridine rings is 1. The molecular weight excluding hydrogens is 190 g/mol. The highest BCUT2D eigenvalue weighted by atomic mass is 16.4. The molecule has 2 aromatic heterocycles. The van der Waals surface area contributed by atoms with E-state index >= 15 is 0 Å². The Balaban J connectivity index is 2.42. The molecule has 0 aliphatic heterocycles. The number of furan rings is 1. The van der Waals surface area contributed by atoms with Crippen LogP contribution >= 0.6 is 0 Å². The fourth-order valence-corrected chi connectivity index (χ4v) is 1.51. The lowest BCUT2D eigenvalue weighted by molar-refractivity contribution is 0.184. The second-order valence-corrected chi connectivity index (χ2v) is 3.56. The summed E-state index contributed by atoms with van der Waals surface area (Å²) in [6, 6.07) is 5.42. The average molecular weight is 203 g/mol. The Hall–Kier alpha value is -1.61. The Morgan fingerprint density at radius 1 is 1.33 bits per heavy atom. The Morgan fingerprint density at radius 2 is 2.13 bits per heavy atom. The van der Waals surface area contributed by atoms with Crippen LogP contribution in [0.2, 0.25) is 0 Å². The van der Waals surface area contributed by atoms with Crippen LogP contribution in [-0.4, -0.2) is 10.1 Å². The third kappa shape index (κ3) is 1.78. The first-order valence-corrected chi connectivity index (χ1v) is 4.83. The van der Waals surface area contributed by atoms with Crippen LogP contribution in [0.25, 0.3) is 0 Å². The van der Waals surface area contributed by atoms with Gasteiger partial charge in [0.2, 0.25) is 0 Å². The van der Waals surface area contributed by atoms with E-state index in [4.69, 9.17) is 4.42 Å². The van der Waals surface area contributed by atoms with Gasteiger partial charge in [0, 0.05) is 6.20 Å². The Morgan fingerprint density at radius 3 is 2.80 bits per heavy atom. The summed E-state index contributed by atoms with van der Waals surface area (Å²) < 4.78 is 5.15. The molecule has 1 atom stereocenters. The molecule has 78 valence electrons. The molecule has 0 amide bonds. The maximum Gasteiger partial charge on any atom is 0.154 e. The topological polar surface area (TPSA) is 46.3 Å². The van der Waals surface area contributed by atoms with Gasteiger partial charge in [0.15, 0.2) is 6.10 Å². The van der Waals surface area contributed by atoms with E-state index in [-0.39, 0.29) is 0 Å². The lowest BCUT2D eigenvalue weighted by atomic mass is 10.0. The molecule has 0 aromatic carbocycles. The number of aliphatic hydroxyl groups is 1. The van der Waals surface area contributed by atoms with Gasteiger partial charge in [-0.1, -0.05) is 0 Å². The third-order valence-electron chi connectivity index (χ3n) is 2.59. The van der Waals surface area contributed by atoms with Crippen LogP contribution in [0.1, 0.15) is 28.7 Å². The van der Waals surface area contributed by atoms with Gasteiger partial charge >= 0.3 is 0 Å². The van der Waals surface area contributed by atoms with Crippen molar-refractivity contribution in [2.45, 2.75) is 20.0 Å². The summed E-state index contributed by atoms with van der Waals surface area (Å²) in [6.07, 6.45) is 2.47. The van der Waals surface area contributed by atoms with E-state index < -0.39 is 6.10 Å². The molecular formula is C12H13NO2. The maximum absolute atomic E-state index is 10.0. The van der Waals surface area contributed by atoms with Gasteiger partial charge in [-0.05, 0) is 43.2 Å². The van der Waals surface area contributed by atoms with Crippen molar-refractivity contribution in [2.24, 2.45) is 0 Å². The summed E-state index contributed by atoms with van der Waals surface area (Å²) in [6.45, 7) is 3.94. The van der Waals surface area contributed by atoms with Gasteiger partial charge in [0.05, 0.1) is 12.0 Å². The monoisotopic (exact) mass is 203 g/mol. The molecule has 2 rings (SSSR count). The molecule has 0 saturated heterocycles. The Kier molecular flexibility index (Phi) is 2.56. The fourth-order valence-electron chi connectivity index (χ4n) is 1.51. The second-order valence-electron chi connectivity index (χ2n) is 3.56. The smallest absolute Gasteiger partial charge is 0.154 e. The van der Waals surface area contributed by atoms with Gasteiger partial charge < -0.3 is 9.52 Å². The molecule has 2 aromatic rings. The average Bonchev–Trinajstić information content (AvgIpc) is 2.74. The van der Waals surface area contributed by atoms with Gasteiger partial charge in [0.25, 0.3) is 0 Å². The van der Waals surface area contributed by atoms with Crippen molar-refractivity contribution in [3.8, 4) is 0 Å². The van der Waals surface area contributed by atoms with Crippen LogP contribution in [0.3, 0.4) is 0 Å². The number of hydrogen-bond donors (Lipinski definition) is 1. The number of aromatic nitrogens is 1. The first-order chi connectivity index (χ1) is 7.20. The summed E-state index contributed by atoms with van der Waals surface area (Å²) in [5.74, 6) is 0.524. The van der Waals surface area contributed by atoms with Crippen molar-refractivity contribution in [2.75, 3.05) is 0 Å². The number of rotatable bonds is 2. The predicted octanol–water partition coefficient (Wildman–Crippen LogP) is 2.37. The second kappa shape index (κ2) is 3.87. The van der Waals surface area contributed by atoms with Crippen LogP contribution in [0.15, 0.2) is 35.1 Å². The first-order valence-electron chi connectivity index (χ1n) is 4.83. The van der Waals surface area contributed by atoms with Crippen molar-refractivity contribution in [3.05, 3.63) is 53.2 Å². The van der Waals surface area contributed by atoms with Crippen molar-refractivity contribution in [1.82, 2.24) is 4.98 Å². The zero-order valence-electron chi connectivity index (χ0n) is 8.77. The first kappa shape index (κ1) is 9.93. The number of aliphatic hydroxyl groups excluding tert-OH is 1. The molecule has 3 heteroatoms. The van der Waals surface area contributed by atoms with Gasteiger partial charge in [-0.2, -0.15) is 0 Å². The number of hydrogen-bond acceptors (Lipinski definition) is 3. The van der Waals surface area contributed by atoms with Gasteiger partial charge in [-0.3, -0.25) is 4.98 Å². The van der Waals surface area contributed by atoms with Crippen LogP contribution in [0.4, 0.5) is 0 Å². The van der Waals surface area contributed by atoms with Gasteiger partial charge in [-0.15, -0.1) is 0 Å². The van der Waals surface area contributed by atoms with E-state index in [0.717, 1.165) is 11.1 Å². The molecule has 0 fully saturated rings. The largest absolute Gasteiger partial charge is 0.466 e.